The van der Waals surface area contributed by atoms with E-state index in [9.17, 15) is 24.0 Å². The van der Waals surface area contributed by atoms with Crippen molar-refractivity contribution in [3.05, 3.63) is 0 Å². The first-order valence-corrected chi connectivity index (χ1v) is 15.2. The van der Waals surface area contributed by atoms with Crippen LogP contribution >= 0.6 is 24.0 Å². The molecule has 2 aliphatic heterocycles. The number of quaternary nitrogens is 1. The van der Waals surface area contributed by atoms with Gasteiger partial charge in [-0.05, 0) is 20.1 Å². The number of nitrogens with one attached hydrogen (secondary N) is 2. The third-order valence-electron chi connectivity index (χ3n) is 7.35. The number of hydrogen-bond acceptors (Lipinski definition) is 10. The minimum atomic E-state index is -0.300. The third-order valence-corrected chi connectivity index (χ3v) is 8.79. The lowest BCUT2D eigenvalue weighted by Gasteiger charge is -2.37. The van der Waals surface area contributed by atoms with E-state index < -0.39 is 0 Å². The number of ketones is 2. The molecule has 14 heteroatoms. The van der Waals surface area contributed by atoms with Gasteiger partial charge in [-0.3, -0.25) is 38.7 Å². The third kappa shape index (κ3) is 11.5. The fraction of sp³-hybridized carbons (Fsp3) is 0.769. The second kappa shape index (κ2) is 17.1. The summed E-state index contributed by atoms with van der Waals surface area (Å²) in [6, 6.07) is -0.0149. The Morgan fingerprint density at radius 3 is 2.38 bits per heavy atom. The molecule has 2 heterocycles. The number of ether oxygens (including phenoxy) is 1. The van der Waals surface area contributed by atoms with Crippen LogP contribution in [0.1, 0.15) is 26.7 Å². The number of likely N-dealkylation sites (tertiary alicyclic amines) is 1. The van der Waals surface area contributed by atoms with Crippen LogP contribution in [0.5, 0.6) is 0 Å². The van der Waals surface area contributed by atoms with Gasteiger partial charge in [0.25, 0.3) is 0 Å². The first-order valence-electron chi connectivity index (χ1n) is 13.8. The molecule has 0 radical (unpaired) electrons. The average Bonchev–Trinajstić information content (AvgIpc) is 3.37. The van der Waals surface area contributed by atoms with Crippen molar-refractivity contribution < 1.29 is 33.2 Å². The highest BCUT2D eigenvalue weighted by Crippen LogP contribution is 2.25. The van der Waals surface area contributed by atoms with Crippen LogP contribution in [-0.4, -0.2) is 157 Å². The number of thioether (sulfide) groups is 1. The highest BCUT2D eigenvalue weighted by Gasteiger charge is 2.43. The maximum absolute atomic E-state index is 12.5. The Balaban J connectivity index is 1.62. The van der Waals surface area contributed by atoms with Gasteiger partial charge in [-0.15, -0.1) is 0 Å². The quantitative estimate of drug-likeness (QED) is 0.109. The lowest BCUT2D eigenvalue weighted by molar-refractivity contribution is -0.916. The van der Waals surface area contributed by atoms with E-state index in [1.807, 2.05) is 37.7 Å². The zero-order valence-electron chi connectivity index (χ0n) is 24.2. The Kier molecular flexibility index (Phi) is 14.6. The summed E-state index contributed by atoms with van der Waals surface area (Å²) in [5, 5.41) is 5.53. The molecule has 2 fully saturated rings. The summed E-state index contributed by atoms with van der Waals surface area (Å²) in [7, 11) is 3.96. The van der Waals surface area contributed by atoms with Crippen LogP contribution in [0.2, 0.25) is 0 Å². The van der Waals surface area contributed by atoms with Gasteiger partial charge in [0.15, 0.2) is 11.6 Å². The van der Waals surface area contributed by atoms with Crippen LogP contribution in [-0.2, 0) is 28.7 Å². The first kappa shape index (κ1) is 34.2. The van der Waals surface area contributed by atoms with E-state index in [4.69, 9.17) is 17.0 Å². The van der Waals surface area contributed by atoms with E-state index in [0.29, 0.717) is 74.1 Å². The zero-order valence-corrected chi connectivity index (χ0v) is 25.9. The summed E-state index contributed by atoms with van der Waals surface area (Å²) in [5.41, 5.74) is 0. The molecule has 2 atom stereocenters. The van der Waals surface area contributed by atoms with Crippen LogP contribution in [0.3, 0.4) is 0 Å². The monoisotopic (exact) mass is 601 g/mol. The molecule has 2 N–H and O–H groups in total. The van der Waals surface area contributed by atoms with E-state index in [1.54, 1.807) is 0 Å². The van der Waals surface area contributed by atoms with Crippen LogP contribution in [0.25, 0.3) is 0 Å². The lowest BCUT2D eigenvalue weighted by Crippen LogP contribution is -2.53. The van der Waals surface area contributed by atoms with Crippen LogP contribution in [0, 0.1) is 0 Å². The molecule has 12 nitrogen and oxygen atoms in total. The summed E-state index contributed by atoms with van der Waals surface area (Å²) in [6.07, 6.45) is 0.827. The lowest BCUT2D eigenvalue weighted by atomic mass is 10.1. The van der Waals surface area contributed by atoms with Gasteiger partial charge in [-0.25, -0.2) is 0 Å². The Bertz CT molecular complexity index is 921. The highest BCUT2D eigenvalue weighted by molar-refractivity contribution is 8.23. The zero-order chi connectivity index (χ0) is 29.7. The second-order valence-electron chi connectivity index (χ2n) is 10.5. The van der Waals surface area contributed by atoms with Crippen LogP contribution < -0.4 is 10.6 Å². The predicted octanol–water partition coefficient (Wildman–Crippen LogP) is -0.883. The Morgan fingerprint density at radius 2 is 1.77 bits per heavy atom. The van der Waals surface area contributed by atoms with E-state index in [-0.39, 0.29) is 60.8 Å². The van der Waals surface area contributed by atoms with Crippen molar-refractivity contribution in [1.82, 2.24) is 25.3 Å². The van der Waals surface area contributed by atoms with Crippen molar-refractivity contribution in [1.29, 1.82) is 0 Å². The molecule has 0 saturated carbocycles. The number of likely N-dealkylation sites (N-methyl/N-ethyl adjacent to an activating group) is 3. The summed E-state index contributed by atoms with van der Waals surface area (Å²) >= 11 is 6.31. The SMILES string of the molecule is CCN(C)CC(=O)C[C@H]1CC(=O)C[N+]1(C)CCN(CC)CC(=O)NCCOCCNC(=O)CN1C(=O)CSC1=S. The molecule has 0 aromatic heterocycles. The average molecular weight is 602 g/mol. The molecule has 2 aliphatic rings. The van der Waals surface area contributed by atoms with E-state index in [0.717, 1.165) is 6.54 Å². The second-order valence-corrected chi connectivity index (χ2v) is 12.2. The predicted molar refractivity (Wildman–Crippen MR) is 158 cm³/mol. The molecule has 3 amide bonds. The minimum Gasteiger partial charge on any atom is -0.378 e. The summed E-state index contributed by atoms with van der Waals surface area (Å²) in [6.45, 7) is 9.03. The van der Waals surface area contributed by atoms with E-state index in [2.05, 4.69) is 10.6 Å². The number of thiocarbonyl (C=S) groups is 1. The molecule has 0 aromatic carbocycles. The fourth-order valence-corrected chi connectivity index (χ4v) is 5.78. The molecular formula is C26H45N6O6S2+. The normalized spacial score (nSPS) is 21.1. The number of nitrogens with zero attached hydrogens (tertiary/aromatic N) is 4. The summed E-state index contributed by atoms with van der Waals surface area (Å²) in [4.78, 5) is 66.2. The summed E-state index contributed by atoms with van der Waals surface area (Å²) < 4.78 is 6.42. The maximum Gasteiger partial charge on any atom is 0.240 e. The molecule has 226 valence electrons. The molecule has 1 unspecified atom stereocenters. The van der Waals surface area contributed by atoms with Crippen molar-refractivity contribution in [3.8, 4) is 0 Å². The maximum atomic E-state index is 12.5. The molecule has 0 aliphatic carbocycles. The van der Waals surface area contributed by atoms with Gasteiger partial charge in [0.1, 0.15) is 23.5 Å². The Labute approximate surface area is 247 Å². The van der Waals surface area contributed by atoms with Crippen molar-refractivity contribution in [2.75, 3.05) is 98.5 Å². The topological polar surface area (TPSA) is 128 Å². The van der Waals surface area contributed by atoms with Gasteiger partial charge in [-0.2, -0.15) is 0 Å². The number of hydrogen-bond donors (Lipinski definition) is 2. The number of Topliss-reactive ketones (excluding diaryl/α,β-unsaturated/α-hetero) is 2. The van der Waals surface area contributed by atoms with Gasteiger partial charge in [0.05, 0.1) is 58.5 Å². The first-order chi connectivity index (χ1) is 19.0. The van der Waals surface area contributed by atoms with Gasteiger partial charge >= 0.3 is 0 Å². The van der Waals surface area contributed by atoms with Crippen molar-refractivity contribution in [2.24, 2.45) is 0 Å². The van der Waals surface area contributed by atoms with E-state index in [1.165, 1.54) is 16.7 Å². The van der Waals surface area contributed by atoms with Crippen molar-refractivity contribution in [3.63, 3.8) is 0 Å². The van der Waals surface area contributed by atoms with Gasteiger partial charge in [-0.1, -0.05) is 37.8 Å². The number of rotatable bonds is 19. The van der Waals surface area contributed by atoms with Gasteiger partial charge in [0, 0.05) is 19.6 Å². The number of carbonyl (C=O) groups is 5. The molecule has 2 saturated heterocycles. The Morgan fingerprint density at radius 1 is 1.10 bits per heavy atom. The van der Waals surface area contributed by atoms with E-state index >= 15 is 0 Å². The smallest absolute Gasteiger partial charge is 0.240 e. The standard InChI is InChI=1S/C26H44N6O6S2/c1-5-29(3)15-21(33)13-20-14-22(34)18-32(20,4)10-9-30(6-2)16-23(35)27-7-11-38-12-8-28-24(36)17-31-25(37)19-40-26(31)39/h20H,5-19H2,1-4H3,(H-,27,28,35,36)/p+1/t20-,32?/m0/s1. The van der Waals surface area contributed by atoms with Crippen molar-refractivity contribution in [2.45, 2.75) is 32.7 Å². The molecule has 0 spiro atoms. The molecular weight excluding hydrogens is 556 g/mol. The largest absolute Gasteiger partial charge is 0.378 e. The fourth-order valence-electron chi connectivity index (χ4n) is 4.71. The molecule has 40 heavy (non-hydrogen) atoms. The molecule has 2 rings (SSSR count). The summed E-state index contributed by atoms with van der Waals surface area (Å²) in [5.74, 6) is 0.0498. The minimum absolute atomic E-state index is 0.0149. The molecule has 0 bridgehead atoms. The number of amides is 3. The highest BCUT2D eigenvalue weighted by atomic mass is 32.2. The number of carbonyl (C=O) groups excluding carboxylic acids is 5. The van der Waals surface area contributed by atoms with Crippen LogP contribution in [0.15, 0.2) is 0 Å². The van der Waals surface area contributed by atoms with Crippen LogP contribution in [0.4, 0.5) is 0 Å². The Hall–Kier alpha value is -1.97. The van der Waals surface area contributed by atoms with Gasteiger partial charge in [0.2, 0.25) is 17.7 Å². The molecule has 0 aromatic rings. The van der Waals surface area contributed by atoms with Crippen molar-refractivity contribution >= 4 is 57.6 Å². The van der Waals surface area contributed by atoms with Gasteiger partial charge < -0.3 is 19.9 Å².